The molecule has 1 fully saturated rings. The van der Waals surface area contributed by atoms with Gasteiger partial charge in [-0.3, -0.25) is 4.79 Å². The van der Waals surface area contributed by atoms with E-state index >= 15 is 0 Å². The van der Waals surface area contributed by atoms with Crippen LogP contribution in [0.2, 0.25) is 0 Å². The molecule has 154 valence electrons. The number of piperidine rings is 1. The number of ether oxygens (including phenoxy) is 2. The number of aryl methyl sites for hydroxylation is 2. The van der Waals surface area contributed by atoms with Crippen LogP contribution < -0.4 is 10.1 Å². The van der Waals surface area contributed by atoms with Gasteiger partial charge in [-0.2, -0.15) is 0 Å². The molecule has 0 saturated carbocycles. The van der Waals surface area contributed by atoms with Crippen LogP contribution in [0.25, 0.3) is 0 Å². The number of hydrogen-bond acceptors (Lipinski definition) is 4. The van der Waals surface area contributed by atoms with Gasteiger partial charge in [0.05, 0.1) is 18.6 Å². The maximum Gasteiger partial charge on any atom is 0.410 e. The Morgan fingerprint density at radius 2 is 1.96 bits per heavy atom. The molecule has 0 aromatic heterocycles. The van der Waals surface area contributed by atoms with Gasteiger partial charge in [0.15, 0.2) is 0 Å². The molecule has 1 aromatic carbocycles. The third kappa shape index (κ3) is 4.78. The summed E-state index contributed by atoms with van der Waals surface area (Å²) < 4.78 is 11.3. The van der Waals surface area contributed by atoms with Gasteiger partial charge in [0.25, 0.3) is 0 Å². The van der Waals surface area contributed by atoms with Crippen molar-refractivity contribution in [3.05, 3.63) is 28.8 Å². The number of carbonyl (C=O) groups is 2. The van der Waals surface area contributed by atoms with Crippen molar-refractivity contribution in [3.63, 3.8) is 0 Å². The van der Waals surface area contributed by atoms with E-state index in [1.54, 1.807) is 4.90 Å². The fourth-order valence-electron chi connectivity index (χ4n) is 4.00. The third-order valence-corrected chi connectivity index (χ3v) is 5.24. The van der Waals surface area contributed by atoms with E-state index < -0.39 is 5.60 Å². The summed E-state index contributed by atoms with van der Waals surface area (Å²) in [6.45, 7) is 11.3. The van der Waals surface area contributed by atoms with Crippen LogP contribution >= 0.6 is 0 Å². The first-order valence-corrected chi connectivity index (χ1v) is 10.2. The predicted octanol–water partition coefficient (Wildman–Crippen LogP) is 3.89. The molecule has 2 amide bonds. The minimum Gasteiger partial charge on any atom is -0.493 e. The van der Waals surface area contributed by atoms with Crippen molar-refractivity contribution < 1.29 is 19.1 Å². The third-order valence-electron chi connectivity index (χ3n) is 5.24. The number of hydrogen-bond donors (Lipinski definition) is 1. The molecular weight excluding hydrogens is 356 g/mol. The van der Waals surface area contributed by atoms with E-state index in [0.29, 0.717) is 19.7 Å². The number of carbonyl (C=O) groups excluding carboxylic acids is 2. The molecule has 6 nitrogen and oxygen atoms in total. The molecule has 0 radical (unpaired) electrons. The van der Waals surface area contributed by atoms with Crippen LogP contribution in [0.15, 0.2) is 12.1 Å². The zero-order valence-electron chi connectivity index (χ0n) is 17.6. The van der Waals surface area contributed by atoms with Crippen molar-refractivity contribution in [2.45, 2.75) is 65.5 Å². The van der Waals surface area contributed by atoms with Crippen LogP contribution in [-0.4, -0.2) is 42.2 Å². The first kappa shape index (κ1) is 20.5. The van der Waals surface area contributed by atoms with E-state index in [2.05, 4.69) is 24.4 Å². The van der Waals surface area contributed by atoms with Gasteiger partial charge in [0.2, 0.25) is 5.91 Å². The van der Waals surface area contributed by atoms with Gasteiger partial charge in [0, 0.05) is 25.1 Å². The summed E-state index contributed by atoms with van der Waals surface area (Å²) >= 11 is 0. The number of nitrogens with one attached hydrogen (secondary N) is 1. The van der Waals surface area contributed by atoms with Gasteiger partial charge in [-0.25, -0.2) is 4.79 Å². The highest BCUT2D eigenvalue weighted by molar-refractivity contribution is 5.80. The Morgan fingerprint density at radius 1 is 1.21 bits per heavy atom. The Morgan fingerprint density at radius 3 is 2.68 bits per heavy atom. The topological polar surface area (TPSA) is 67.9 Å². The van der Waals surface area contributed by atoms with Gasteiger partial charge in [0.1, 0.15) is 11.4 Å². The van der Waals surface area contributed by atoms with Crippen molar-refractivity contribution in [2.75, 3.05) is 19.7 Å². The fourth-order valence-corrected chi connectivity index (χ4v) is 4.00. The number of amides is 2. The largest absolute Gasteiger partial charge is 0.493 e. The van der Waals surface area contributed by atoms with Crippen LogP contribution in [0, 0.1) is 19.8 Å². The SMILES string of the molecule is Cc1cc(C)c2c(c1)C(NC(=O)C1CCCN(C(=O)OC(C)(C)C)C1)CCO2. The summed E-state index contributed by atoms with van der Waals surface area (Å²) in [5.41, 5.74) is 2.78. The van der Waals surface area contributed by atoms with Crippen LogP contribution in [0.5, 0.6) is 5.75 Å². The zero-order chi connectivity index (χ0) is 20.5. The highest BCUT2D eigenvalue weighted by Gasteiger charge is 2.33. The summed E-state index contributed by atoms with van der Waals surface area (Å²) in [6, 6.07) is 4.15. The minimum absolute atomic E-state index is 0.00488. The predicted molar refractivity (Wildman–Crippen MR) is 107 cm³/mol. The number of benzene rings is 1. The van der Waals surface area contributed by atoms with Gasteiger partial charge in [-0.1, -0.05) is 17.7 Å². The summed E-state index contributed by atoms with van der Waals surface area (Å²) in [5.74, 6) is 0.685. The van der Waals surface area contributed by atoms with Gasteiger partial charge in [-0.15, -0.1) is 0 Å². The van der Waals surface area contributed by atoms with Crippen LogP contribution in [-0.2, 0) is 9.53 Å². The van der Waals surface area contributed by atoms with Crippen molar-refractivity contribution in [2.24, 2.45) is 5.92 Å². The Kier molecular flexibility index (Phi) is 5.87. The Labute approximate surface area is 167 Å². The smallest absolute Gasteiger partial charge is 0.410 e. The maximum atomic E-state index is 13.0. The lowest BCUT2D eigenvalue weighted by Gasteiger charge is -2.35. The molecular formula is C22H32N2O4. The molecule has 0 aliphatic carbocycles. The van der Waals surface area contributed by atoms with Crippen LogP contribution in [0.4, 0.5) is 4.79 Å². The summed E-state index contributed by atoms with van der Waals surface area (Å²) in [7, 11) is 0. The zero-order valence-corrected chi connectivity index (χ0v) is 17.6. The Bertz CT molecular complexity index is 754. The molecule has 2 atom stereocenters. The normalized spacial score (nSPS) is 22.1. The first-order chi connectivity index (χ1) is 13.1. The number of likely N-dealkylation sites (tertiary alicyclic amines) is 1. The van der Waals surface area contributed by atoms with Crippen molar-refractivity contribution in [1.29, 1.82) is 0 Å². The van der Waals surface area contributed by atoms with E-state index in [1.807, 2.05) is 27.7 Å². The van der Waals surface area contributed by atoms with Gasteiger partial charge in [-0.05, 0) is 53.0 Å². The van der Waals surface area contributed by atoms with E-state index in [9.17, 15) is 9.59 Å². The second-order valence-electron chi connectivity index (χ2n) is 8.96. The van der Waals surface area contributed by atoms with E-state index in [0.717, 1.165) is 41.7 Å². The molecule has 1 N–H and O–H groups in total. The first-order valence-electron chi connectivity index (χ1n) is 10.2. The van der Waals surface area contributed by atoms with E-state index in [-0.39, 0.29) is 24.0 Å². The molecule has 2 aliphatic heterocycles. The lowest BCUT2D eigenvalue weighted by atomic mass is 9.93. The minimum atomic E-state index is -0.534. The van der Waals surface area contributed by atoms with Crippen molar-refractivity contribution in [1.82, 2.24) is 10.2 Å². The molecule has 1 aromatic rings. The standard InChI is InChI=1S/C22H32N2O4/c1-14-11-15(2)19-17(12-14)18(8-10-27-19)23-20(25)16-7-6-9-24(13-16)21(26)28-22(3,4)5/h11-12,16,18H,6-10,13H2,1-5H3,(H,23,25). The van der Waals surface area contributed by atoms with Gasteiger partial charge >= 0.3 is 6.09 Å². The second kappa shape index (κ2) is 8.02. The number of nitrogens with zero attached hydrogens (tertiary/aromatic N) is 1. The van der Waals surface area contributed by atoms with Crippen LogP contribution in [0.3, 0.4) is 0 Å². The van der Waals surface area contributed by atoms with E-state index in [1.165, 1.54) is 0 Å². The summed E-state index contributed by atoms with van der Waals surface area (Å²) in [6.07, 6.45) is 2.01. The Hall–Kier alpha value is -2.24. The quantitative estimate of drug-likeness (QED) is 0.835. The molecule has 6 heteroatoms. The Balaban J connectivity index is 1.66. The lowest BCUT2D eigenvalue weighted by Crippen LogP contribution is -2.47. The molecule has 28 heavy (non-hydrogen) atoms. The van der Waals surface area contributed by atoms with Crippen molar-refractivity contribution in [3.8, 4) is 5.75 Å². The monoisotopic (exact) mass is 388 g/mol. The highest BCUT2D eigenvalue weighted by atomic mass is 16.6. The summed E-state index contributed by atoms with van der Waals surface area (Å²) in [4.78, 5) is 27.0. The maximum absolute atomic E-state index is 13.0. The molecule has 0 bridgehead atoms. The fraction of sp³-hybridized carbons (Fsp3) is 0.636. The molecule has 2 heterocycles. The van der Waals surface area contributed by atoms with Crippen molar-refractivity contribution >= 4 is 12.0 Å². The summed E-state index contributed by atoms with van der Waals surface area (Å²) in [5, 5.41) is 3.21. The number of rotatable bonds is 2. The molecule has 3 rings (SSSR count). The van der Waals surface area contributed by atoms with E-state index in [4.69, 9.17) is 9.47 Å². The average Bonchev–Trinajstić information content (AvgIpc) is 2.61. The number of fused-ring (bicyclic) bond motifs is 1. The lowest BCUT2D eigenvalue weighted by molar-refractivity contribution is -0.127. The van der Waals surface area contributed by atoms with Crippen LogP contribution in [0.1, 0.15) is 62.8 Å². The molecule has 2 unspecified atom stereocenters. The highest BCUT2D eigenvalue weighted by Crippen LogP contribution is 2.36. The second-order valence-corrected chi connectivity index (χ2v) is 8.96. The molecule has 1 saturated heterocycles. The molecule has 0 spiro atoms. The molecule has 2 aliphatic rings. The average molecular weight is 389 g/mol. The van der Waals surface area contributed by atoms with Gasteiger partial charge < -0.3 is 19.7 Å².